The molecule has 45 heavy (non-hydrogen) atoms. The van der Waals surface area contributed by atoms with Crippen molar-refractivity contribution in [3.8, 4) is 11.5 Å². The van der Waals surface area contributed by atoms with Gasteiger partial charge in [-0.1, -0.05) is 36.4 Å². The number of anilines is 1. The Morgan fingerprint density at radius 3 is 2.24 bits per heavy atom. The number of carbonyl (C=O) groups is 2. The van der Waals surface area contributed by atoms with Crippen molar-refractivity contribution < 1.29 is 23.8 Å². The molecule has 1 aliphatic rings. The Morgan fingerprint density at radius 2 is 1.53 bits per heavy atom. The summed E-state index contributed by atoms with van der Waals surface area (Å²) in [5.74, 6) is 1.54. The van der Waals surface area contributed by atoms with Gasteiger partial charge in [-0.15, -0.1) is 0 Å². The summed E-state index contributed by atoms with van der Waals surface area (Å²) in [4.78, 5) is 32.9. The molecule has 0 aliphatic carbocycles. The average molecular weight is 612 g/mol. The number of fused-ring (bicyclic) bond motifs is 1. The second-order valence-corrected chi connectivity index (χ2v) is 11.9. The number of aromatic nitrogens is 1. The number of amides is 3. The van der Waals surface area contributed by atoms with Crippen molar-refractivity contribution in [3.63, 3.8) is 0 Å². The third-order valence-electron chi connectivity index (χ3n) is 7.35. The predicted molar refractivity (Wildman–Crippen MR) is 175 cm³/mol. The van der Waals surface area contributed by atoms with Gasteiger partial charge in [-0.05, 0) is 68.3 Å². The monoisotopic (exact) mass is 611 g/mol. The van der Waals surface area contributed by atoms with Crippen LogP contribution in [0.2, 0.25) is 0 Å². The lowest BCUT2D eigenvalue weighted by atomic mass is 10.1. The first-order chi connectivity index (χ1) is 21.7. The minimum absolute atomic E-state index is 0.248. The topological polar surface area (TPSA) is 105 Å². The van der Waals surface area contributed by atoms with Crippen LogP contribution in [0.3, 0.4) is 0 Å². The number of urea groups is 1. The van der Waals surface area contributed by atoms with Crippen LogP contribution in [0.15, 0.2) is 85.2 Å². The summed E-state index contributed by atoms with van der Waals surface area (Å²) in [6.45, 7) is 10.7. The van der Waals surface area contributed by atoms with Crippen LogP contribution in [0.4, 0.5) is 15.3 Å². The quantitative estimate of drug-likeness (QED) is 0.224. The highest BCUT2D eigenvalue weighted by Gasteiger charge is 2.25. The minimum Gasteiger partial charge on any atom is -0.492 e. The molecule has 3 amide bonds. The molecule has 5 rings (SSSR count). The number of ether oxygens (including phenoxy) is 3. The van der Waals surface area contributed by atoms with Crippen LogP contribution in [-0.4, -0.2) is 71.8 Å². The number of nitrogens with one attached hydrogen (secondary N) is 2. The zero-order chi connectivity index (χ0) is 31.6. The molecule has 236 valence electrons. The molecule has 0 saturated carbocycles. The predicted octanol–water partition coefficient (Wildman–Crippen LogP) is 6.07. The van der Waals surface area contributed by atoms with E-state index in [-0.39, 0.29) is 12.1 Å². The van der Waals surface area contributed by atoms with E-state index in [4.69, 9.17) is 14.2 Å². The van der Waals surface area contributed by atoms with Gasteiger partial charge in [0.25, 0.3) is 0 Å². The molecule has 1 aliphatic heterocycles. The first kappa shape index (κ1) is 31.6. The Bertz CT molecular complexity index is 1570. The molecule has 2 N–H and O–H groups in total. The van der Waals surface area contributed by atoms with Gasteiger partial charge in [-0.25, -0.2) is 9.59 Å². The van der Waals surface area contributed by atoms with Crippen molar-refractivity contribution in [3.05, 3.63) is 96.3 Å². The second-order valence-electron chi connectivity index (χ2n) is 11.9. The van der Waals surface area contributed by atoms with E-state index in [1.807, 2.05) is 93.6 Å². The maximum atomic E-state index is 12.6. The van der Waals surface area contributed by atoms with E-state index >= 15 is 0 Å². The van der Waals surface area contributed by atoms with E-state index in [9.17, 15) is 9.59 Å². The lowest BCUT2D eigenvalue weighted by Gasteiger charge is -2.35. The summed E-state index contributed by atoms with van der Waals surface area (Å²) in [5, 5.41) is 7.64. The van der Waals surface area contributed by atoms with E-state index in [0.29, 0.717) is 38.5 Å². The van der Waals surface area contributed by atoms with E-state index < -0.39 is 5.60 Å². The van der Waals surface area contributed by atoms with Gasteiger partial charge in [0.15, 0.2) is 0 Å². The Labute approximate surface area is 264 Å². The van der Waals surface area contributed by atoms with Gasteiger partial charge in [0, 0.05) is 62.4 Å². The van der Waals surface area contributed by atoms with Gasteiger partial charge in [0.05, 0.1) is 5.69 Å². The lowest BCUT2D eigenvalue weighted by Crippen LogP contribution is -2.50. The Kier molecular flexibility index (Phi) is 10.4. The van der Waals surface area contributed by atoms with Gasteiger partial charge in [0.2, 0.25) is 0 Å². The number of rotatable bonds is 10. The Hall–Kier alpha value is -4.83. The molecule has 1 aromatic heterocycles. The number of carbonyl (C=O) groups excluding carboxylic acids is 2. The van der Waals surface area contributed by atoms with E-state index in [1.165, 1.54) is 0 Å². The van der Waals surface area contributed by atoms with Crippen molar-refractivity contribution >= 4 is 28.6 Å². The van der Waals surface area contributed by atoms with Gasteiger partial charge in [0.1, 0.15) is 30.3 Å². The molecule has 3 aromatic carbocycles. The molecule has 0 radical (unpaired) electrons. The maximum Gasteiger partial charge on any atom is 0.410 e. The normalized spacial score (nSPS) is 13.7. The van der Waals surface area contributed by atoms with Gasteiger partial charge in [-0.2, -0.15) is 0 Å². The van der Waals surface area contributed by atoms with E-state index in [0.717, 1.165) is 53.0 Å². The fraction of sp³-hybridized carbons (Fsp3) is 0.343. The smallest absolute Gasteiger partial charge is 0.410 e. The van der Waals surface area contributed by atoms with E-state index in [1.54, 1.807) is 17.3 Å². The minimum atomic E-state index is -0.482. The highest BCUT2D eigenvalue weighted by atomic mass is 16.6. The second kappa shape index (κ2) is 14.8. The van der Waals surface area contributed by atoms with Gasteiger partial charge in [-0.3, -0.25) is 9.88 Å². The summed E-state index contributed by atoms with van der Waals surface area (Å²) in [6, 6.07) is 22.9. The van der Waals surface area contributed by atoms with Gasteiger partial charge < -0.3 is 29.7 Å². The first-order valence-corrected chi connectivity index (χ1v) is 15.2. The summed E-state index contributed by atoms with van der Waals surface area (Å²) in [7, 11) is 0. The summed E-state index contributed by atoms with van der Waals surface area (Å²) >= 11 is 0. The van der Waals surface area contributed by atoms with Crippen LogP contribution in [0.5, 0.6) is 11.5 Å². The number of benzene rings is 3. The number of piperazine rings is 1. The largest absolute Gasteiger partial charge is 0.492 e. The maximum absolute atomic E-state index is 12.6. The van der Waals surface area contributed by atoms with Crippen molar-refractivity contribution in [1.29, 1.82) is 0 Å². The van der Waals surface area contributed by atoms with E-state index in [2.05, 4.69) is 20.5 Å². The Morgan fingerprint density at radius 1 is 0.822 bits per heavy atom. The van der Waals surface area contributed by atoms with Crippen molar-refractivity contribution in [1.82, 2.24) is 20.1 Å². The van der Waals surface area contributed by atoms with Crippen LogP contribution in [-0.2, 0) is 17.9 Å². The fourth-order valence-electron chi connectivity index (χ4n) is 4.97. The number of hydrogen-bond acceptors (Lipinski definition) is 7. The average Bonchev–Trinajstić information content (AvgIpc) is 3.04. The van der Waals surface area contributed by atoms with Crippen LogP contribution >= 0.6 is 0 Å². The SMILES string of the molecule is CC(C)(C)OC(=O)N1CCN(CCOc2ccc(COc3ccc(NC(=O)NCc4ccncc4)c4ccccc34)cc2)CC1. The molecule has 0 atom stereocenters. The fourth-order valence-corrected chi connectivity index (χ4v) is 4.97. The van der Waals surface area contributed by atoms with Crippen LogP contribution in [0, 0.1) is 0 Å². The summed E-state index contributed by atoms with van der Waals surface area (Å²) < 4.78 is 17.7. The van der Waals surface area contributed by atoms with Crippen LogP contribution in [0.1, 0.15) is 31.9 Å². The number of nitrogens with zero attached hydrogens (tertiary/aromatic N) is 3. The zero-order valence-corrected chi connectivity index (χ0v) is 26.1. The number of pyridine rings is 1. The molecule has 0 bridgehead atoms. The standard InChI is InChI=1S/C35H41N5O5/c1-35(2,3)45-34(42)40-20-18-39(19-21-40)22-23-43-28-10-8-27(9-11-28)25-44-32-13-12-31(29-6-4-5-7-30(29)32)38-33(41)37-24-26-14-16-36-17-15-26/h4-17H,18-25H2,1-3H3,(H2,37,38,41). The molecule has 10 nitrogen and oxygen atoms in total. The molecule has 10 heteroatoms. The molecule has 1 fully saturated rings. The van der Waals surface area contributed by atoms with Gasteiger partial charge >= 0.3 is 12.1 Å². The van der Waals surface area contributed by atoms with Crippen LogP contribution in [0.25, 0.3) is 10.8 Å². The van der Waals surface area contributed by atoms with Crippen molar-refractivity contribution in [2.75, 3.05) is 44.6 Å². The summed E-state index contributed by atoms with van der Waals surface area (Å²) in [5.41, 5.74) is 2.21. The number of hydrogen-bond donors (Lipinski definition) is 2. The molecular formula is C35H41N5O5. The third kappa shape index (κ3) is 9.33. The molecule has 2 heterocycles. The zero-order valence-electron chi connectivity index (χ0n) is 26.1. The highest BCUT2D eigenvalue weighted by molar-refractivity contribution is 6.03. The van der Waals surface area contributed by atoms with Crippen molar-refractivity contribution in [2.24, 2.45) is 0 Å². The van der Waals surface area contributed by atoms with Crippen molar-refractivity contribution in [2.45, 2.75) is 39.5 Å². The third-order valence-corrected chi connectivity index (χ3v) is 7.35. The molecular weight excluding hydrogens is 570 g/mol. The molecule has 1 saturated heterocycles. The summed E-state index contributed by atoms with van der Waals surface area (Å²) in [6.07, 6.45) is 3.15. The Balaban J connectivity index is 1.07. The highest BCUT2D eigenvalue weighted by Crippen LogP contribution is 2.32. The lowest BCUT2D eigenvalue weighted by molar-refractivity contribution is 0.0137. The molecule has 4 aromatic rings. The first-order valence-electron chi connectivity index (χ1n) is 15.2. The molecule has 0 spiro atoms. The van der Waals surface area contributed by atoms with Crippen LogP contribution < -0.4 is 20.1 Å². The molecule has 0 unspecified atom stereocenters.